The lowest BCUT2D eigenvalue weighted by Gasteiger charge is -2.18. The molecule has 0 aromatic rings. The first kappa shape index (κ1) is 13.3. The van der Waals surface area contributed by atoms with Crippen molar-refractivity contribution in [2.75, 3.05) is 27.9 Å². The molecule has 96 valence electrons. The van der Waals surface area contributed by atoms with Crippen LogP contribution in [0.2, 0.25) is 0 Å². The van der Waals surface area contributed by atoms with E-state index in [1.807, 2.05) is 0 Å². The molecule has 17 heavy (non-hydrogen) atoms. The summed E-state index contributed by atoms with van der Waals surface area (Å²) < 4.78 is 9.28. The number of rotatable bonds is 3. The van der Waals surface area contributed by atoms with Crippen molar-refractivity contribution in [3.8, 4) is 0 Å². The zero-order chi connectivity index (χ0) is 13.0. The molecule has 0 N–H and O–H groups in total. The Labute approximate surface area is 99.2 Å². The molecule has 1 fully saturated rings. The second-order valence-corrected chi connectivity index (χ2v) is 3.87. The van der Waals surface area contributed by atoms with Gasteiger partial charge in [-0.3, -0.25) is 9.69 Å². The monoisotopic (exact) mass is 244 g/mol. The van der Waals surface area contributed by atoms with Crippen molar-refractivity contribution < 1.29 is 23.9 Å². The summed E-state index contributed by atoms with van der Waals surface area (Å²) in [5.74, 6) is -0.600. The second kappa shape index (κ2) is 5.51. The molecule has 0 aromatic carbocycles. The van der Waals surface area contributed by atoms with Gasteiger partial charge in [-0.05, 0) is 6.42 Å². The van der Waals surface area contributed by atoms with E-state index >= 15 is 0 Å². The first-order valence-electron chi connectivity index (χ1n) is 5.18. The van der Waals surface area contributed by atoms with E-state index in [-0.39, 0.29) is 25.5 Å². The quantitative estimate of drug-likeness (QED) is 0.643. The first-order valence-corrected chi connectivity index (χ1v) is 5.18. The number of amides is 2. The van der Waals surface area contributed by atoms with E-state index in [0.29, 0.717) is 0 Å². The molecular formula is C10H16N2O5. The van der Waals surface area contributed by atoms with Gasteiger partial charge in [0.1, 0.15) is 6.04 Å². The molecule has 2 amide bonds. The number of hydrogen-bond acceptors (Lipinski definition) is 5. The molecule has 1 aliphatic rings. The minimum absolute atomic E-state index is 0.102. The normalized spacial score (nSPS) is 18.9. The predicted molar refractivity (Wildman–Crippen MR) is 56.9 cm³/mol. The number of carbonyl (C=O) groups is 3. The van der Waals surface area contributed by atoms with Crippen molar-refractivity contribution in [3.63, 3.8) is 0 Å². The molecule has 1 unspecified atom stereocenters. The average molecular weight is 244 g/mol. The number of esters is 1. The lowest BCUT2D eigenvalue weighted by Crippen LogP contribution is -2.39. The lowest BCUT2D eigenvalue weighted by molar-refractivity contribution is -0.139. The molecule has 0 bridgehead atoms. The third-order valence-corrected chi connectivity index (χ3v) is 2.53. The van der Waals surface area contributed by atoms with Gasteiger partial charge in [0, 0.05) is 20.5 Å². The van der Waals surface area contributed by atoms with Gasteiger partial charge in [-0.2, -0.15) is 0 Å². The van der Waals surface area contributed by atoms with E-state index in [9.17, 15) is 14.4 Å². The van der Waals surface area contributed by atoms with Crippen molar-refractivity contribution in [2.45, 2.75) is 18.9 Å². The summed E-state index contributed by atoms with van der Waals surface area (Å²) in [5, 5.41) is 0. The van der Waals surface area contributed by atoms with E-state index in [4.69, 9.17) is 4.74 Å². The molecule has 1 atom stereocenters. The number of carbonyl (C=O) groups excluding carboxylic acids is 3. The van der Waals surface area contributed by atoms with Gasteiger partial charge < -0.3 is 14.4 Å². The number of cyclic esters (lactones) is 1. The molecule has 1 saturated heterocycles. The fourth-order valence-electron chi connectivity index (χ4n) is 1.50. The van der Waals surface area contributed by atoms with Crippen LogP contribution in [0.3, 0.4) is 0 Å². The number of ether oxygens (including phenoxy) is 2. The zero-order valence-corrected chi connectivity index (χ0v) is 10.1. The van der Waals surface area contributed by atoms with E-state index < -0.39 is 18.1 Å². The van der Waals surface area contributed by atoms with Crippen molar-refractivity contribution in [1.82, 2.24) is 9.80 Å². The Kier molecular flexibility index (Phi) is 4.30. The van der Waals surface area contributed by atoms with Crippen molar-refractivity contribution in [2.24, 2.45) is 0 Å². The lowest BCUT2D eigenvalue weighted by atomic mass is 10.1. The molecule has 0 aliphatic carbocycles. The van der Waals surface area contributed by atoms with Crippen LogP contribution in [0, 0.1) is 0 Å². The van der Waals surface area contributed by atoms with E-state index in [1.165, 1.54) is 16.9 Å². The molecule has 7 heteroatoms. The molecule has 0 aromatic heterocycles. The van der Waals surface area contributed by atoms with Gasteiger partial charge in [0.2, 0.25) is 5.91 Å². The fraction of sp³-hybridized carbons (Fsp3) is 0.700. The van der Waals surface area contributed by atoms with Crippen LogP contribution in [0.5, 0.6) is 0 Å². The van der Waals surface area contributed by atoms with Crippen LogP contribution in [-0.4, -0.2) is 61.7 Å². The summed E-state index contributed by atoms with van der Waals surface area (Å²) >= 11 is 0. The summed E-state index contributed by atoms with van der Waals surface area (Å²) in [4.78, 5) is 36.7. The summed E-state index contributed by atoms with van der Waals surface area (Å²) in [6.45, 7) is -0.119. The molecule has 1 heterocycles. The van der Waals surface area contributed by atoms with Crippen LogP contribution in [0.15, 0.2) is 0 Å². The molecule has 0 radical (unpaired) electrons. The highest BCUT2D eigenvalue weighted by molar-refractivity contribution is 5.84. The minimum atomic E-state index is -0.730. The minimum Gasteiger partial charge on any atom is -0.453 e. The third-order valence-electron chi connectivity index (χ3n) is 2.53. The highest BCUT2D eigenvalue weighted by atomic mass is 16.6. The van der Waals surface area contributed by atoms with Crippen LogP contribution < -0.4 is 0 Å². The van der Waals surface area contributed by atoms with Crippen LogP contribution in [0.1, 0.15) is 12.8 Å². The Bertz CT molecular complexity index is 329. The topological polar surface area (TPSA) is 76.1 Å². The van der Waals surface area contributed by atoms with Gasteiger partial charge in [0.25, 0.3) is 0 Å². The molecular weight excluding hydrogens is 228 g/mol. The number of nitrogens with zero attached hydrogens (tertiary/aromatic N) is 2. The van der Waals surface area contributed by atoms with E-state index in [2.05, 4.69) is 4.74 Å². The molecule has 0 saturated carbocycles. The van der Waals surface area contributed by atoms with Crippen LogP contribution in [-0.2, 0) is 19.1 Å². The standard InChI is InChI=1S/C10H16N2O5/c1-11(2)8(13)5-4-7-9(14)17-6-12(7)10(15)16-3/h7H,4-6H2,1-3H3. The van der Waals surface area contributed by atoms with Gasteiger partial charge in [-0.25, -0.2) is 9.59 Å². The summed E-state index contributed by atoms with van der Waals surface area (Å²) in [6.07, 6.45) is -0.205. The second-order valence-electron chi connectivity index (χ2n) is 3.87. The Balaban J connectivity index is 2.57. The van der Waals surface area contributed by atoms with Gasteiger partial charge >= 0.3 is 12.1 Å². The van der Waals surface area contributed by atoms with E-state index in [0.717, 1.165) is 0 Å². The fourth-order valence-corrected chi connectivity index (χ4v) is 1.50. The smallest absolute Gasteiger partial charge is 0.412 e. The third kappa shape index (κ3) is 3.08. The molecule has 1 rings (SSSR count). The van der Waals surface area contributed by atoms with Crippen LogP contribution >= 0.6 is 0 Å². The summed E-state index contributed by atoms with van der Waals surface area (Å²) in [6, 6.07) is -0.730. The highest BCUT2D eigenvalue weighted by Crippen LogP contribution is 2.17. The van der Waals surface area contributed by atoms with Gasteiger partial charge in [-0.15, -0.1) is 0 Å². The van der Waals surface area contributed by atoms with E-state index in [1.54, 1.807) is 14.1 Å². The van der Waals surface area contributed by atoms with Crippen molar-refractivity contribution in [3.05, 3.63) is 0 Å². The SMILES string of the molecule is COC(=O)N1COC(=O)C1CCC(=O)N(C)C. The zero-order valence-electron chi connectivity index (χ0n) is 10.1. The van der Waals surface area contributed by atoms with Gasteiger partial charge in [0.05, 0.1) is 7.11 Å². The van der Waals surface area contributed by atoms with Crippen molar-refractivity contribution in [1.29, 1.82) is 0 Å². The average Bonchev–Trinajstić information content (AvgIpc) is 2.66. The predicted octanol–water partition coefficient (Wildman–Crippen LogP) is -0.194. The molecule has 7 nitrogen and oxygen atoms in total. The van der Waals surface area contributed by atoms with Crippen molar-refractivity contribution >= 4 is 18.0 Å². The maximum atomic E-state index is 11.4. The van der Waals surface area contributed by atoms with Crippen LogP contribution in [0.25, 0.3) is 0 Å². The molecule has 0 spiro atoms. The Morgan fingerprint density at radius 1 is 1.53 bits per heavy atom. The first-order chi connectivity index (χ1) is 7.97. The molecule has 1 aliphatic heterocycles. The van der Waals surface area contributed by atoms with Gasteiger partial charge in [-0.1, -0.05) is 0 Å². The Morgan fingerprint density at radius 3 is 2.71 bits per heavy atom. The highest BCUT2D eigenvalue weighted by Gasteiger charge is 2.38. The number of hydrogen-bond donors (Lipinski definition) is 0. The Hall–Kier alpha value is -1.79. The maximum Gasteiger partial charge on any atom is 0.412 e. The summed E-state index contributed by atoms with van der Waals surface area (Å²) in [5.41, 5.74) is 0. The number of methoxy groups -OCH3 is 1. The largest absolute Gasteiger partial charge is 0.453 e. The summed E-state index contributed by atoms with van der Waals surface area (Å²) in [7, 11) is 4.49. The Morgan fingerprint density at radius 2 is 2.18 bits per heavy atom. The van der Waals surface area contributed by atoms with Crippen LogP contribution in [0.4, 0.5) is 4.79 Å². The maximum absolute atomic E-state index is 11.4. The van der Waals surface area contributed by atoms with Gasteiger partial charge in [0.15, 0.2) is 6.73 Å².